The van der Waals surface area contributed by atoms with Gasteiger partial charge < -0.3 is 0 Å². The second-order valence-electron chi connectivity index (χ2n) is 7.09. The van der Waals surface area contributed by atoms with Crippen LogP contribution in [0.3, 0.4) is 0 Å². The SMILES string of the molecule is CCCCCCCCCCCCCCc1[nH]cc[n+]1CCCC. The summed E-state index contributed by atoms with van der Waals surface area (Å²) in [5, 5.41) is 0. The maximum absolute atomic E-state index is 3.42. The fraction of sp³-hybridized carbons (Fsp3) is 0.857. The molecule has 0 aliphatic rings. The Morgan fingerprint density at radius 2 is 1.22 bits per heavy atom. The van der Waals surface area contributed by atoms with Gasteiger partial charge in [-0.25, -0.2) is 9.55 Å². The van der Waals surface area contributed by atoms with Gasteiger partial charge in [-0.3, -0.25) is 0 Å². The lowest BCUT2D eigenvalue weighted by molar-refractivity contribution is -0.703. The molecule has 0 spiro atoms. The standard InChI is InChI=1S/C21H40N2/c1-3-5-7-8-9-10-11-12-13-14-15-16-17-21-22-18-20-23(21)19-6-4-2/h18,20H,3-17,19H2,1-2H3/p+1. The number of aromatic amines is 1. The molecule has 23 heavy (non-hydrogen) atoms. The van der Waals surface area contributed by atoms with E-state index in [4.69, 9.17) is 0 Å². The van der Waals surface area contributed by atoms with Crippen LogP contribution in [0.4, 0.5) is 0 Å². The van der Waals surface area contributed by atoms with Crippen molar-refractivity contribution in [3.8, 4) is 0 Å². The molecule has 0 atom stereocenters. The highest BCUT2D eigenvalue weighted by atomic mass is 15.1. The molecule has 1 aromatic heterocycles. The van der Waals surface area contributed by atoms with Gasteiger partial charge in [0.2, 0.25) is 0 Å². The minimum Gasteiger partial charge on any atom is -0.248 e. The fourth-order valence-electron chi connectivity index (χ4n) is 3.28. The number of nitrogens with zero attached hydrogens (tertiary/aromatic N) is 1. The second-order valence-corrected chi connectivity index (χ2v) is 7.09. The van der Waals surface area contributed by atoms with Crippen LogP contribution in [0.1, 0.15) is 110 Å². The van der Waals surface area contributed by atoms with E-state index in [1.807, 2.05) is 0 Å². The van der Waals surface area contributed by atoms with E-state index in [0.29, 0.717) is 0 Å². The van der Waals surface area contributed by atoms with Gasteiger partial charge in [0.05, 0.1) is 6.54 Å². The number of nitrogens with one attached hydrogen (secondary N) is 1. The quantitative estimate of drug-likeness (QED) is 0.270. The number of aromatic nitrogens is 2. The Balaban J connectivity index is 1.89. The molecule has 0 saturated carbocycles. The molecule has 1 N–H and O–H groups in total. The van der Waals surface area contributed by atoms with Crippen molar-refractivity contribution < 1.29 is 4.57 Å². The maximum atomic E-state index is 3.42. The first kappa shape index (κ1) is 20.3. The van der Waals surface area contributed by atoms with Crippen LogP contribution in [0.25, 0.3) is 0 Å². The van der Waals surface area contributed by atoms with Crippen molar-refractivity contribution >= 4 is 0 Å². The largest absolute Gasteiger partial charge is 0.254 e. The summed E-state index contributed by atoms with van der Waals surface area (Å²) >= 11 is 0. The highest BCUT2D eigenvalue weighted by molar-refractivity contribution is 4.77. The molecule has 0 fully saturated rings. The van der Waals surface area contributed by atoms with E-state index in [-0.39, 0.29) is 0 Å². The number of unbranched alkanes of at least 4 members (excludes halogenated alkanes) is 12. The Morgan fingerprint density at radius 3 is 1.78 bits per heavy atom. The Hall–Kier alpha value is -0.790. The van der Waals surface area contributed by atoms with Crippen molar-refractivity contribution in [1.29, 1.82) is 0 Å². The number of imidazole rings is 1. The van der Waals surface area contributed by atoms with Crippen LogP contribution in [0.2, 0.25) is 0 Å². The van der Waals surface area contributed by atoms with Gasteiger partial charge in [-0.05, 0) is 12.8 Å². The van der Waals surface area contributed by atoms with E-state index in [0.717, 1.165) is 0 Å². The van der Waals surface area contributed by atoms with Crippen molar-refractivity contribution in [2.45, 2.75) is 117 Å². The van der Waals surface area contributed by atoms with Gasteiger partial charge in [0.1, 0.15) is 12.4 Å². The van der Waals surface area contributed by atoms with Crippen molar-refractivity contribution in [1.82, 2.24) is 4.98 Å². The molecular formula is C21H41N2+. The second kappa shape index (κ2) is 14.8. The summed E-state index contributed by atoms with van der Waals surface area (Å²) in [5.74, 6) is 1.42. The summed E-state index contributed by atoms with van der Waals surface area (Å²) in [6.07, 6.45) is 25.2. The summed E-state index contributed by atoms with van der Waals surface area (Å²) < 4.78 is 2.40. The Labute approximate surface area is 145 Å². The molecule has 0 aliphatic heterocycles. The van der Waals surface area contributed by atoms with Gasteiger partial charge in [0, 0.05) is 6.42 Å². The van der Waals surface area contributed by atoms with Crippen LogP contribution in [0.5, 0.6) is 0 Å². The first-order chi connectivity index (χ1) is 11.4. The number of aryl methyl sites for hydroxylation is 2. The molecular weight excluding hydrogens is 280 g/mol. The molecule has 0 aromatic carbocycles. The van der Waals surface area contributed by atoms with Crippen LogP contribution in [0, 0.1) is 0 Å². The summed E-state index contributed by atoms with van der Waals surface area (Å²) in [7, 11) is 0. The third-order valence-corrected chi connectivity index (χ3v) is 4.87. The average molecular weight is 322 g/mol. The number of rotatable bonds is 16. The Bertz CT molecular complexity index is 356. The lowest BCUT2D eigenvalue weighted by atomic mass is 10.0. The van der Waals surface area contributed by atoms with E-state index < -0.39 is 0 Å². The summed E-state index contributed by atoms with van der Waals surface area (Å²) in [6, 6.07) is 0. The molecule has 2 heteroatoms. The van der Waals surface area contributed by atoms with E-state index >= 15 is 0 Å². The molecule has 1 heterocycles. The van der Waals surface area contributed by atoms with E-state index in [1.165, 1.54) is 109 Å². The van der Waals surface area contributed by atoms with Gasteiger partial charge in [0.25, 0.3) is 5.82 Å². The predicted octanol–water partition coefficient (Wildman–Crippen LogP) is 6.35. The van der Waals surface area contributed by atoms with Gasteiger partial charge in [-0.2, -0.15) is 0 Å². The molecule has 134 valence electrons. The molecule has 0 aliphatic carbocycles. The fourth-order valence-corrected chi connectivity index (χ4v) is 3.28. The number of hydrogen-bond acceptors (Lipinski definition) is 0. The zero-order valence-corrected chi connectivity index (χ0v) is 15.9. The highest BCUT2D eigenvalue weighted by Gasteiger charge is 2.08. The summed E-state index contributed by atoms with van der Waals surface area (Å²) in [4.78, 5) is 3.42. The third-order valence-electron chi connectivity index (χ3n) is 4.87. The van der Waals surface area contributed by atoms with Crippen LogP contribution in [0.15, 0.2) is 12.4 Å². The van der Waals surface area contributed by atoms with Crippen LogP contribution in [-0.4, -0.2) is 4.98 Å². The summed E-state index contributed by atoms with van der Waals surface area (Å²) in [5.41, 5.74) is 0. The maximum Gasteiger partial charge on any atom is 0.254 e. The molecule has 1 aromatic rings. The normalized spacial score (nSPS) is 11.2. The van der Waals surface area contributed by atoms with E-state index in [2.05, 4.69) is 35.8 Å². The first-order valence-corrected chi connectivity index (χ1v) is 10.4. The Morgan fingerprint density at radius 1 is 0.696 bits per heavy atom. The van der Waals surface area contributed by atoms with Gasteiger partial charge in [-0.1, -0.05) is 90.9 Å². The van der Waals surface area contributed by atoms with Crippen molar-refractivity contribution in [3.05, 3.63) is 18.2 Å². The predicted molar refractivity (Wildman–Crippen MR) is 101 cm³/mol. The van der Waals surface area contributed by atoms with Crippen LogP contribution in [-0.2, 0) is 13.0 Å². The van der Waals surface area contributed by atoms with Crippen molar-refractivity contribution in [2.75, 3.05) is 0 Å². The minimum absolute atomic E-state index is 1.17. The van der Waals surface area contributed by atoms with E-state index in [1.54, 1.807) is 0 Å². The third kappa shape index (κ3) is 10.6. The minimum atomic E-state index is 1.17. The van der Waals surface area contributed by atoms with Crippen molar-refractivity contribution in [2.24, 2.45) is 0 Å². The van der Waals surface area contributed by atoms with Crippen LogP contribution < -0.4 is 4.57 Å². The summed E-state index contributed by atoms with van der Waals surface area (Å²) in [6.45, 7) is 5.73. The first-order valence-electron chi connectivity index (χ1n) is 10.4. The molecule has 0 saturated heterocycles. The lowest BCUT2D eigenvalue weighted by Gasteiger charge is -2.03. The molecule has 0 bridgehead atoms. The van der Waals surface area contributed by atoms with Gasteiger partial charge in [0.15, 0.2) is 0 Å². The zero-order chi connectivity index (χ0) is 16.6. The van der Waals surface area contributed by atoms with Gasteiger partial charge in [-0.15, -0.1) is 0 Å². The molecule has 0 radical (unpaired) electrons. The molecule has 1 rings (SSSR count). The van der Waals surface area contributed by atoms with Crippen LogP contribution >= 0.6 is 0 Å². The smallest absolute Gasteiger partial charge is 0.248 e. The van der Waals surface area contributed by atoms with Gasteiger partial charge >= 0.3 is 0 Å². The highest BCUT2D eigenvalue weighted by Crippen LogP contribution is 2.12. The van der Waals surface area contributed by atoms with E-state index in [9.17, 15) is 0 Å². The topological polar surface area (TPSA) is 19.7 Å². The molecule has 2 nitrogen and oxygen atoms in total. The number of hydrogen-bond donors (Lipinski definition) is 1. The van der Waals surface area contributed by atoms with Crippen molar-refractivity contribution in [3.63, 3.8) is 0 Å². The average Bonchev–Trinajstić information content (AvgIpc) is 3.01. The lowest BCUT2D eigenvalue weighted by Crippen LogP contribution is -2.35. The Kier molecular flexibility index (Phi) is 13.0. The molecule has 0 unspecified atom stereocenters. The zero-order valence-electron chi connectivity index (χ0n) is 15.9. The molecule has 0 amide bonds. The number of H-pyrrole nitrogens is 1. The monoisotopic (exact) mass is 321 g/mol.